The van der Waals surface area contributed by atoms with Crippen molar-refractivity contribution < 1.29 is 4.39 Å². The van der Waals surface area contributed by atoms with E-state index in [0.29, 0.717) is 10.6 Å². The van der Waals surface area contributed by atoms with Crippen molar-refractivity contribution in [3.63, 3.8) is 0 Å². The van der Waals surface area contributed by atoms with Crippen LogP contribution in [0, 0.1) is 5.82 Å². The molecule has 0 bridgehead atoms. The van der Waals surface area contributed by atoms with Crippen LogP contribution < -0.4 is 5.73 Å². The second-order valence-electron chi connectivity index (χ2n) is 3.47. The summed E-state index contributed by atoms with van der Waals surface area (Å²) in [7, 11) is 0. The molecule has 0 radical (unpaired) electrons. The van der Waals surface area contributed by atoms with E-state index >= 15 is 0 Å². The molecule has 0 aromatic heterocycles. The van der Waals surface area contributed by atoms with Gasteiger partial charge in [0.05, 0.1) is 4.99 Å². The van der Waals surface area contributed by atoms with E-state index in [-0.39, 0.29) is 5.82 Å². The normalized spacial score (nSPS) is 11.3. The number of hydrogen-bond donors (Lipinski definition) is 1. The Morgan fingerprint density at radius 2 is 1.92 bits per heavy atom. The fourth-order valence-corrected chi connectivity index (χ4v) is 1.21. The van der Waals surface area contributed by atoms with Crippen molar-refractivity contribution in [2.75, 3.05) is 0 Å². The van der Waals surface area contributed by atoms with Crippen molar-refractivity contribution in [3.8, 4) is 0 Å². The van der Waals surface area contributed by atoms with Gasteiger partial charge in [0.15, 0.2) is 0 Å². The first-order valence-corrected chi connectivity index (χ1v) is 4.42. The minimum absolute atomic E-state index is 0.264. The first-order valence-electron chi connectivity index (χ1n) is 4.01. The molecule has 0 amide bonds. The van der Waals surface area contributed by atoms with Crippen molar-refractivity contribution in [2.24, 2.45) is 5.73 Å². The fourth-order valence-electron chi connectivity index (χ4n) is 1.10. The Hall–Kier alpha value is -0.960. The van der Waals surface area contributed by atoms with Gasteiger partial charge in [0.25, 0.3) is 0 Å². The maximum absolute atomic E-state index is 13.3. The van der Waals surface area contributed by atoms with Crippen LogP contribution in [0.2, 0.25) is 0 Å². The van der Waals surface area contributed by atoms with Gasteiger partial charge >= 0.3 is 0 Å². The molecule has 0 atom stereocenters. The summed E-state index contributed by atoms with van der Waals surface area (Å²) in [4.78, 5) is 0.303. The van der Waals surface area contributed by atoms with E-state index in [1.54, 1.807) is 18.2 Å². The first kappa shape index (κ1) is 10.1. The second-order valence-corrected chi connectivity index (χ2v) is 3.91. The molecule has 2 N–H and O–H groups in total. The molecule has 0 heterocycles. The van der Waals surface area contributed by atoms with Gasteiger partial charge in [-0.25, -0.2) is 4.39 Å². The quantitative estimate of drug-likeness (QED) is 0.737. The lowest BCUT2D eigenvalue weighted by atomic mass is 9.84. The maximum atomic E-state index is 13.3. The molecule has 1 aromatic rings. The summed E-state index contributed by atoms with van der Waals surface area (Å²) < 4.78 is 13.3. The monoisotopic (exact) mass is 197 g/mol. The van der Waals surface area contributed by atoms with Crippen molar-refractivity contribution in [2.45, 2.75) is 19.3 Å². The summed E-state index contributed by atoms with van der Waals surface area (Å²) in [5.41, 5.74) is 5.50. The summed E-state index contributed by atoms with van der Waals surface area (Å²) in [5.74, 6) is -0.264. The van der Waals surface area contributed by atoms with Gasteiger partial charge in [-0.3, -0.25) is 0 Å². The minimum Gasteiger partial charge on any atom is -0.393 e. The first-order chi connectivity index (χ1) is 5.96. The van der Waals surface area contributed by atoms with Crippen LogP contribution in [0.3, 0.4) is 0 Å². The Morgan fingerprint density at radius 3 is 2.38 bits per heavy atom. The van der Waals surface area contributed by atoms with Crippen LogP contribution >= 0.6 is 12.2 Å². The average Bonchev–Trinajstić information content (AvgIpc) is 2.04. The molecular formula is C10H12FNS. The molecule has 1 aromatic carbocycles. The molecule has 0 fully saturated rings. The number of halogens is 1. The Morgan fingerprint density at radius 1 is 1.38 bits per heavy atom. The Kier molecular flexibility index (Phi) is 2.66. The topological polar surface area (TPSA) is 26.0 Å². The Labute approximate surface area is 82.8 Å². The third-order valence-electron chi connectivity index (χ3n) is 2.16. The zero-order valence-electron chi connectivity index (χ0n) is 7.67. The van der Waals surface area contributed by atoms with Crippen LogP contribution in [-0.2, 0) is 5.41 Å². The lowest BCUT2D eigenvalue weighted by Crippen LogP contribution is -2.34. The highest BCUT2D eigenvalue weighted by atomic mass is 32.1. The van der Waals surface area contributed by atoms with Crippen LogP contribution in [0.25, 0.3) is 0 Å². The van der Waals surface area contributed by atoms with Gasteiger partial charge in [0, 0.05) is 11.0 Å². The third kappa shape index (κ3) is 1.86. The number of thiocarbonyl (C=S) groups is 1. The molecule has 0 spiro atoms. The van der Waals surface area contributed by atoms with Gasteiger partial charge in [0.1, 0.15) is 5.82 Å². The summed E-state index contributed by atoms with van der Waals surface area (Å²) in [6.45, 7) is 3.63. The zero-order chi connectivity index (χ0) is 10.1. The standard InChI is InChI=1S/C10H12FNS/c1-10(2,9(12)13)7-5-3-4-6-8(7)11/h3-6H,1-2H3,(H2,12,13). The molecule has 3 heteroatoms. The lowest BCUT2D eigenvalue weighted by molar-refractivity contribution is 0.574. The summed E-state index contributed by atoms with van der Waals surface area (Å²) in [5, 5.41) is 0. The SMILES string of the molecule is CC(C)(C(N)=S)c1ccccc1F. The van der Waals surface area contributed by atoms with E-state index in [1.807, 2.05) is 13.8 Å². The van der Waals surface area contributed by atoms with Gasteiger partial charge in [-0.1, -0.05) is 30.4 Å². The Bertz CT molecular complexity index is 333. The molecule has 0 unspecified atom stereocenters. The van der Waals surface area contributed by atoms with E-state index in [0.717, 1.165) is 0 Å². The van der Waals surface area contributed by atoms with Gasteiger partial charge in [-0.05, 0) is 19.9 Å². The van der Waals surface area contributed by atoms with E-state index < -0.39 is 5.41 Å². The minimum atomic E-state index is -0.583. The van der Waals surface area contributed by atoms with E-state index in [1.165, 1.54) is 6.07 Å². The predicted octanol–water partition coefficient (Wildman–Crippen LogP) is 2.39. The van der Waals surface area contributed by atoms with E-state index in [2.05, 4.69) is 0 Å². The summed E-state index contributed by atoms with van der Waals surface area (Å²) in [6, 6.07) is 6.54. The molecule has 0 saturated carbocycles. The van der Waals surface area contributed by atoms with Gasteiger partial charge in [0.2, 0.25) is 0 Å². The smallest absolute Gasteiger partial charge is 0.127 e. The molecule has 0 saturated heterocycles. The average molecular weight is 197 g/mol. The largest absolute Gasteiger partial charge is 0.393 e. The highest BCUT2D eigenvalue weighted by molar-refractivity contribution is 7.80. The third-order valence-corrected chi connectivity index (χ3v) is 2.67. The van der Waals surface area contributed by atoms with Crippen molar-refractivity contribution in [3.05, 3.63) is 35.6 Å². The highest BCUT2D eigenvalue weighted by Crippen LogP contribution is 2.25. The molecule has 1 nitrogen and oxygen atoms in total. The van der Waals surface area contributed by atoms with Gasteiger partial charge < -0.3 is 5.73 Å². The zero-order valence-corrected chi connectivity index (χ0v) is 8.49. The molecule has 0 aliphatic heterocycles. The van der Waals surface area contributed by atoms with Crippen LogP contribution in [0.4, 0.5) is 4.39 Å². The van der Waals surface area contributed by atoms with E-state index in [4.69, 9.17) is 18.0 Å². The fraction of sp³-hybridized carbons (Fsp3) is 0.300. The molecule has 1 rings (SSSR count). The van der Waals surface area contributed by atoms with Crippen molar-refractivity contribution >= 4 is 17.2 Å². The number of benzene rings is 1. The number of nitrogens with two attached hydrogens (primary N) is 1. The van der Waals surface area contributed by atoms with E-state index in [9.17, 15) is 4.39 Å². The molecule has 0 aliphatic carbocycles. The molecule has 0 aliphatic rings. The van der Waals surface area contributed by atoms with Crippen LogP contribution in [0.5, 0.6) is 0 Å². The molecule has 70 valence electrons. The summed E-state index contributed by atoms with van der Waals surface area (Å²) in [6.07, 6.45) is 0. The highest BCUT2D eigenvalue weighted by Gasteiger charge is 2.26. The number of hydrogen-bond acceptors (Lipinski definition) is 1. The molecule has 13 heavy (non-hydrogen) atoms. The van der Waals surface area contributed by atoms with Crippen molar-refractivity contribution in [1.29, 1.82) is 0 Å². The second kappa shape index (κ2) is 3.42. The number of rotatable bonds is 2. The van der Waals surface area contributed by atoms with Gasteiger partial charge in [-0.15, -0.1) is 0 Å². The van der Waals surface area contributed by atoms with Crippen LogP contribution in [-0.4, -0.2) is 4.99 Å². The van der Waals surface area contributed by atoms with Crippen LogP contribution in [0.1, 0.15) is 19.4 Å². The lowest BCUT2D eigenvalue weighted by Gasteiger charge is -2.23. The van der Waals surface area contributed by atoms with Crippen molar-refractivity contribution in [1.82, 2.24) is 0 Å². The molecular weight excluding hydrogens is 185 g/mol. The van der Waals surface area contributed by atoms with Crippen LogP contribution in [0.15, 0.2) is 24.3 Å². The van der Waals surface area contributed by atoms with Gasteiger partial charge in [-0.2, -0.15) is 0 Å². The summed E-state index contributed by atoms with van der Waals surface area (Å²) >= 11 is 4.88. The maximum Gasteiger partial charge on any atom is 0.127 e. The predicted molar refractivity (Wildman–Crippen MR) is 56.2 cm³/mol. The Balaban J connectivity index is 3.22.